The molecule has 1 heterocycles. The first kappa shape index (κ1) is 17.5. The number of carbonyl (C=O) groups excluding carboxylic acids is 2. The number of aliphatic hydroxyl groups is 1. The second-order valence-electron chi connectivity index (χ2n) is 6.85. The zero-order chi connectivity index (χ0) is 18.0. The number of carbonyl (C=O) groups is 2. The molecule has 4 N–H and O–H groups in total. The van der Waals surface area contributed by atoms with Gasteiger partial charge in [0.1, 0.15) is 6.04 Å². The molecular formula is C19H25N3O3. The summed E-state index contributed by atoms with van der Waals surface area (Å²) in [6.45, 7) is 4.03. The Bertz CT molecular complexity index is 777. The van der Waals surface area contributed by atoms with Crippen LogP contribution in [0.15, 0.2) is 24.4 Å². The molecule has 0 aliphatic heterocycles. The highest BCUT2D eigenvalue weighted by atomic mass is 16.3. The normalized spacial score (nSPS) is 16.4. The number of fused-ring (bicyclic) bond motifs is 1. The van der Waals surface area contributed by atoms with Gasteiger partial charge in [0, 0.05) is 29.6 Å². The largest absolute Gasteiger partial charge is 0.391 e. The molecule has 0 saturated heterocycles. The van der Waals surface area contributed by atoms with E-state index in [1.807, 2.05) is 18.3 Å². The molecule has 2 amide bonds. The SMILES string of the molecule is Cc1cccc2[nH]cc(CCNC(=O)C(NC(=O)C3CC3)C(C)O)c12. The van der Waals surface area contributed by atoms with Crippen LogP contribution >= 0.6 is 0 Å². The van der Waals surface area contributed by atoms with Gasteiger partial charge in [-0.15, -0.1) is 0 Å². The monoisotopic (exact) mass is 343 g/mol. The number of hydrogen-bond acceptors (Lipinski definition) is 3. The first-order valence-corrected chi connectivity index (χ1v) is 8.79. The third kappa shape index (κ3) is 4.02. The minimum atomic E-state index is -0.932. The quantitative estimate of drug-likeness (QED) is 0.612. The molecular weight excluding hydrogens is 318 g/mol. The molecule has 0 bridgehead atoms. The average molecular weight is 343 g/mol. The number of aromatic amines is 1. The lowest BCUT2D eigenvalue weighted by Crippen LogP contribution is -2.53. The molecule has 1 aromatic heterocycles. The van der Waals surface area contributed by atoms with Gasteiger partial charge in [0.15, 0.2) is 0 Å². The van der Waals surface area contributed by atoms with Gasteiger partial charge in [0.25, 0.3) is 0 Å². The molecule has 6 nitrogen and oxygen atoms in total. The van der Waals surface area contributed by atoms with Gasteiger partial charge in [-0.25, -0.2) is 0 Å². The summed E-state index contributed by atoms with van der Waals surface area (Å²) in [5, 5.41) is 16.5. The van der Waals surface area contributed by atoms with Crippen molar-refractivity contribution < 1.29 is 14.7 Å². The van der Waals surface area contributed by atoms with E-state index in [1.165, 1.54) is 17.9 Å². The van der Waals surface area contributed by atoms with E-state index >= 15 is 0 Å². The lowest BCUT2D eigenvalue weighted by molar-refractivity contribution is -0.132. The van der Waals surface area contributed by atoms with Crippen molar-refractivity contribution in [3.63, 3.8) is 0 Å². The van der Waals surface area contributed by atoms with E-state index in [9.17, 15) is 14.7 Å². The van der Waals surface area contributed by atoms with Gasteiger partial charge < -0.3 is 20.7 Å². The fourth-order valence-electron chi connectivity index (χ4n) is 3.10. The zero-order valence-corrected chi connectivity index (χ0v) is 14.6. The maximum absolute atomic E-state index is 12.3. The molecule has 1 aliphatic rings. The van der Waals surface area contributed by atoms with Gasteiger partial charge in [-0.05, 0) is 50.3 Å². The maximum atomic E-state index is 12.3. The molecule has 1 aromatic carbocycles. The number of amides is 2. The van der Waals surface area contributed by atoms with Crippen molar-refractivity contribution in [2.75, 3.05) is 6.54 Å². The number of nitrogens with one attached hydrogen (secondary N) is 3. The van der Waals surface area contributed by atoms with Crippen LogP contribution in [0.2, 0.25) is 0 Å². The predicted molar refractivity (Wildman–Crippen MR) is 96.1 cm³/mol. The maximum Gasteiger partial charge on any atom is 0.245 e. The van der Waals surface area contributed by atoms with Gasteiger partial charge >= 0.3 is 0 Å². The summed E-state index contributed by atoms with van der Waals surface area (Å²) < 4.78 is 0. The van der Waals surface area contributed by atoms with Gasteiger partial charge in [0.2, 0.25) is 11.8 Å². The molecule has 134 valence electrons. The number of hydrogen-bond donors (Lipinski definition) is 4. The Balaban J connectivity index is 1.57. The molecule has 6 heteroatoms. The van der Waals surface area contributed by atoms with E-state index < -0.39 is 12.1 Å². The summed E-state index contributed by atoms with van der Waals surface area (Å²) >= 11 is 0. The minimum Gasteiger partial charge on any atom is -0.391 e. The van der Waals surface area contributed by atoms with Crippen molar-refractivity contribution >= 4 is 22.7 Å². The average Bonchev–Trinajstić information content (AvgIpc) is 3.34. The minimum absolute atomic E-state index is 0.00301. The summed E-state index contributed by atoms with van der Waals surface area (Å²) in [5.74, 6) is -0.489. The summed E-state index contributed by atoms with van der Waals surface area (Å²) in [6.07, 6.45) is 3.43. The third-order valence-electron chi connectivity index (χ3n) is 4.70. The van der Waals surface area contributed by atoms with Gasteiger partial charge in [-0.1, -0.05) is 12.1 Å². The standard InChI is InChI=1S/C19H25N3O3/c1-11-4-3-5-15-16(11)14(10-21-15)8-9-20-19(25)17(12(2)23)22-18(24)13-6-7-13/h3-5,10,12-13,17,21,23H,6-9H2,1-2H3,(H,20,25)(H,22,24). The molecule has 1 fully saturated rings. The summed E-state index contributed by atoms with van der Waals surface area (Å²) in [6, 6.07) is 5.20. The predicted octanol–water partition coefficient (Wildman–Crippen LogP) is 1.41. The van der Waals surface area contributed by atoms with E-state index in [-0.39, 0.29) is 17.7 Å². The van der Waals surface area contributed by atoms with Crippen LogP contribution < -0.4 is 10.6 Å². The highest BCUT2D eigenvalue weighted by Gasteiger charge is 2.34. The highest BCUT2D eigenvalue weighted by Crippen LogP contribution is 2.29. The van der Waals surface area contributed by atoms with E-state index in [0.717, 1.165) is 23.9 Å². The van der Waals surface area contributed by atoms with E-state index in [2.05, 4.69) is 28.6 Å². The third-order valence-corrected chi connectivity index (χ3v) is 4.70. The van der Waals surface area contributed by atoms with Gasteiger partial charge in [-0.2, -0.15) is 0 Å². The molecule has 3 rings (SSSR count). The second-order valence-corrected chi connectivity index (χ2v) is 6.85. The van der Waals surface area contributed by atoms with Gasteiger partial charge in [-0.3, -0.25) is 9.59 Å². The Morgan fingerprint density at radius 1 is 1.36 bits per heavy atom. The molecule has 2 aromatic rings. The Morgan fingerprint density at radius 3 is 2.80 bits per heavy atom. The van der Waals surface area contributed by atoms with Crippen LogP contribution in [0.3, 0.4) is 0 Å². The van der Waals surface area contributed by atoms with Crippen molar-refractivity contribution in [2.24, 2.45) is 5.92 Å². The number of H-pyrrole nitrogens is 1. The van der Waals surface area contributed by atoms with Crippen molar-refractivity contribution in [1.82, 2.24) is 15.6 Å². The summed E-state index contributed by atoms with van der Waals surface area (Å²) in [7, 11) is 0. The van der Waals surface area contributed by atoms with Crippen LogP contribution in [-0.2, 0) is 16.0 Å². The Hall–Kier alpha value is -2.34. The molecule has 0 radical (unpaired) electrons. The first-order valence-electron chi connectivity index (χ1n) is 8.79. The van der Waals surface area contributed by atoms with E-state index in [4.69, 9.17) is 0 Å². The number of aryl methyl sites for hydroxylation is 1. The van der Waals surface area contributed by atoms with Crippen molar-refractivity contribution in [3.05, 3.63) is 35.5 Å². The lowest BCUT2D eigenvalue weighted by atomic mass is 10.1. The first-order chi connectivity index (χ1) is 12.0. The number of rotatable bonds is 7. The van der Waals surface area contributed by atoms with Crippen LogP contribution in [0.25, 0.3) is 10.9 Å². The van der Waals surface area contributed by atoms with Crippen LogP contribution in [-0.4, -0.2) is 40.6 Å². The molecule has 1 aliphatic carbocycles. The van der Waals surface area contributed by atoms with Crippen LogP contribution in [0.4, 0.5) is 0 Å². The second kappa shape index (κ2) is 7.27. The topological polar surface area (TPSA) is 94.2 Å². The van der Waals surface area contributed by atoms with Crippen LogP contribution in [0.1, 0.15) is 30.9 Å². The van der Waals surface area contributed by atoms with E-state index in [1.54, 1.807) is 0 Å². The van der Waals surface area contributed by atoms with Crippen molar-refractivity contribution in [3.8, 4) is 0 Å². The Kier molecular flexibility index (Phi) is 5.08. The molecule has 0 spiro atoms. The molecule has 2 atom stereocenters. The van der Waals surface area contributed by atoms with Crippen molar-refractivity contribution in [1.29, 1.82) is 0 Å². The number of aromatic nitrogens is 1. The lowest BCUT2D eigenvalue weighted by Gasteiger charge is -2.20. The summed E-state index contributed by atoms with van der Waals surface area (Å²) in [5.41, 5.74) is 3.42. The number of benzene rings is 1. The number of aliphatic hydroxyl groups excluding tert-OH is 1. The molecule has 25 heavy (non-hydrogen) atoms. The van der Waals surface area contributed by atoms with Crippen LogP contribution in [0, 0.1) is 12.8 Å². The molecule has 2 unspecified atom stereocenters. The zero-order valence-electron chi connectivity index (χ0n) is 14.6. The fourth-order valence-corrected chi connectivity index (χ4v) is 3.10. The summed E-state index contributed by atoms with van der Waals surface area (Å²) in [4.78, 5) is 27.4. The fraction of sp³-hybridized carbons (Fsp3) is 0.474. The van der Waals surface area contributed by atoms with Crippen LogP contribution in [0.5, 0.6) is 0 Å². The van der Waals surface area contributed by atoms with E-state index in [0.29, 0.717) is 13.0 Å². The van der Waals surface area contributed by atoms with Gasteiger partial charge in [0.05, 0.1) is 6.10 Å². The smallest absolute Gasteiger partial charge is 0.245 e. The molecule has 1 saturated carbocycles. The Morgan fingerprint density at radius 2 is 2.12 bits per heavy atom. The highest BCUT2D eigenvalue weighted by molar-refractivity contribution is 5.90. The Labute approximate surface area is 147 Å². The van der Waals surface area contributed by atoms with Crippen molar-refractivity contribution in [2.45, 2.75) is 45.3 Å².